The quantitative estimate of drug-likeness (QED) is 0.875. The van der Waals surface area contributed by atoms with Crippen LogP contribution in [0.5, 0.6) is 0 Å². The summed E-state index contributed by atoms with van der Waals surface area (Å²) in [5.41, 5.74) is 1.15. The molecular formula is C12H16BrNO2. The van der Waals surface area contributed by atoms with Crippen LogP contribution in [-0.4, -0.2) is 17.6 Å². The summed E-state index contributed by atoms with van der Waals surface area (Å²) in [6, 6.07) is 8.16. The molecule has 1 aromatic carbocycles. The van der Waals surface area contributed by atoms with Gasteiger partial charge in [-0.3, -0.25) is 4.79 Å². The monoisotopic (exact) mass is 285 g/mol. The lowest BCUT2D eigenvalue weighted by Crippen LogP contribution is -2.28. The SMILES string of the molecule is CC(CNC(C)c1ccc(Br)cc1)C(=O)O. The van der Waals surface area contributed by atoms with Crippen molar-refractivity contribution in [1.29, 1.82) is 0 Å². The summed E-state index contributed by atoms with van der Waals surface area (Å²) < 4.78 is 1.04. The van der Waals surface area contributed by atoms with Gasteiger partial charge in [-0.25, -0.2) is 0 Å². The molecule has 0 spiro atoms. The zero-order valence-electron chi connectivity index (χ0n) is 9.40. The molecule has 0 saturated heterocycles. The van der Waals surface area contributed by atoms with Gasteiger partial charge in [0, 0.05) is 17.1 Å². The fourth-order valence-electron chi connectivity index (χ4n) is 1.31. The first-order valence-corrected chi connectivity index (χ1v) is 6.01. The molecule has 16 heavy (non-hydrogen) atoms. The van der Waals surface area contributed by atoms with E-state index in [2.05, 4.69) is 21.2 Å². The second-order valence-corrected chi connectivity index (χ2v) is 4.84. The van der Waals surface area contributed by atoms with Gasteiger partial charge in [0.1, 0.15) is 0 Å². The standard InChI is InChI=1S/C12H16BrNO2/c1-8(12(15)16)7-14-9(2)10-3-5-11(13)6-4-10/h3-6,8-9,14H,7H2,1-2H3,(H,15,16). The fraction of sp³-hybridized carbons (Fsp3) is 0.417. The van der Waals surface area contributed by atoms with Crippen molar-refractivity contribution in [3.8, 4) is 0 Å². The van der Waals surface area contributed by atoms with Gasteiger partial charge in [-0.1, -0.05) is 35.0 Å². The number of carbonyl (C=O) groups is 1. The predicted molar refractivity (Wildman–Crippen MR) is 67.4 cm³/mol. The number of benzene rings is 1. The Kier molecular flexibility index (Phi) is 4.96. The minimum Gasteiger partial charge on any atom is -0.481 e. The Balaban J connectivity index is 2.49. The van der Waals surface area contributed by atoms with Crippen molar-refractivity contribution >= 4 is 21.9 Å². The van der Waals surface area contributed by atoms with E-state index in [1.165, 1.54) is 0 Å². The number of rotatable bonds is 5. The molecule has 0 fully saturated rings. The molecule has 2 atom stereocenters. The van der Waals surface area contributed by atoms with E-state index in [-0.39, 0.29) is 12.0 Å². The Morgan fingerprint density at radius 2 is 1.94 bits per heavy atom. The Hall–Kier alpha value is -0.870. The maximum atomic E-state index is 10.6. The lowest BCUT2D eigenvalue weighted by atomic mass is 10.1. The molecule has 88 valence electrons. The molecule has 0 amide bonds. The van der Waals surface area contributed by atoms with Crippen molar-refractivity contribution in [2.24, 2.45) is 5.92 Å². The minimum atomic E-state index is -0.768. The molecule has 0 saturated carbocycles. The van der Waals surface area contributed by atoms with Gasteiger partial charge < -0.3 is 10.4 Å². The molecular weight excluding hydrogens is 270 g/mol. The highest BCUT2D eigenvalue weighted by molar-refractivity contribution is 9.10. The third-order valence-electron chi connectivity index (χ3n) is 2.52. The van der Waals surface area contributed by atoms with Crippen LogP contribution in [0.15, 0.2) is 28.7 Å². The van der Waals surface area contributed by atoms with Crippen LogP contribution in [0.3, 0.4) is 0 Å². The number of carboxylic acids is 1. The first-order chi connectivity index (χ1) is 7.50. The van der Waals surface area contributed by atoms with E-state index in [0.29, 0.717) is 6.54 Å². The maximum absolute atomic E-state index is 10.6. The zero-order valence-corrected chi connectivity index (χ0v) is 11.0. The maximum Gasteiger partial charge on any atom is 0.307 e. The van der Waals surface area contributed by atoms with Gasteiger partial charge in [0.25, 0.3) is 0 Å². The summed E-state index contributed by atoms with van der Waals surface area (Å²) in [5, 5.41) is 12.0. The van der Waals surface area contributed by atoms with E-state index in [4.69, 9.17) is 5.11 Å². The molecule has 2 N–H and O–H groups in total. The van der Waals surface area contributed by atoms with Crippen LogP contribution in [0, 0.1) is 5.92 Å². The average Bonchev–Trinajstić information content (AvgIpc) is 2.26. The van der Waals surface area contributed by atoms with Crippen molar-refractivity contribution in [1.82, 2.24) is 5.32 Å². The van der Waals surface area contributed by atoms with Crippen LogP contribution in [-0.2, 0) is 4.79 Å². The highest BCUT2D eigenvalue weighted by Crippen LogP contribution is 2.16. The van der Waals surface area contributed by atoms with E-state index in [9.17, 15) is 4.79 Å². The lowest BCUT2D eigenvalue weighted by molar-refractivity contribution is -0.140. The Labute approximate surface area is 104 Å². The highest BCUT2D eigenvalue weighted by atomic mass is 79.9. The van der Waals surface area contributed by atoms with E-state index in [0.717, 1.165) is 10.0 Å². The number of hydrogen-bond acceptors (Lipinski definition) is 2. The normalized spacial score (nSPS) is 14.4. The number of halogens is 1. The van der Waals surface area contributed by atoms with Gasteiger partial charge in [-0.15, -0.1) is 0 Å². The molecule has 0 bridgehead atoms. The van der Waals surface area contributed by atoms with Crippen molar-refractivity contribution in [2.75, 3.05) is 6.54 Å². The summed E-state index contributed by atoms with van der Waals surface area (Å²) in [5.74, 6) is -1.13. The topological polar surface area (TPSA) is 49.3 Å². The highest BCUT2D eigenvalue weighted by Gasteiger charge is 2.12. The molecule has 0 radical (unpaired) electrons. The van der Waals surface area contributed by atoms with Crippen LogP contribution in [0.2, 0.25) is 0 Å². The van der Waals surface area contributed by atoms with Gasteiger partial charge in [-0.05, 0) is 24.6 Å². The first kappa shape index (κ1) is 13.2. The molecule has 0 aliphatic rings. The predicted octanol–water partition coefficient (Wildman–Crippen LogP) is 2.82. The summed E-state index contributed by atoms with van der Waals surface area (Å²) in [7, 11) is 0. The van der Waals surface area contributed by atoms with Crippen LogP contribution in [0.1, 0.15) is 25.5 Å². The smallest absolute Gasteiger partial charge is 0.307 e. The van der Waals surface area contributed by atoms with E-state index in [1.807, 2.05) is 31.2 Å². The molecule has 3 nitrogen and oxygen atoms in total. The minimum absolute atomic E-state index is 0.162. The average molecular weight is 286 g/mol. The molecule has 1 aromatic rings. The number of nitrogens with one attached hydrogen (secondary N) is 1. The van der Waals surface area contributed by atoms with E-state index >= 15 is 0 Å². The Morgan fingerprint density at radius 3 is 2.44 bits per heavy atom. The van der Waals surface area contributed by atoms with Crippen molar-refractivity contribution in [2.45, 2.75) is 19.9 Å². The third-order valence-corrected chi connectivity index (χ3v) is 3.05. The van der Waals surface area contributed by atoms with Gasteiger partial charge >= 0.3 is 5.97 Å². The molecule has 0 aliphatic carbocycles. The molecule has 0 aliphatic heterocycles. The second-order valence-electron chi connectivity index (χ2n) is 3.92. The number of carboxylic acid groups (broad SMARTS) is 1. The fourth-order valence-corrected chi connectivity index (χ4v) is 1.57. The molecule has 4 heteroatoms. The van der Waals surface area contributed by atoms with E-state index < -0.39 is 5.97 Å². The molecule has 2 unspecified atom stereocenters. The summed E-state index contributed by atoms with van der Waals surface area (Å²) in [6.45, 7) is 4.20. The van der Waals surface area contributed by atoms with Crippen molar-refractivity contribution < 1.29 is 9.90 Å². The summed E-state index contributed by atoms with van der Waals surface area (Å²) in [6.07, 6.45) is 0. The summed E-state index contributed by atoms with van der Waals surface area (Å²) >= 11 is 3.38. The Bertz CT molecular complexity index is 351. The third kappa shape index (κ3) is 3.94. The van der Waals surface area contributed by atoms with Gasteiger partial charge in [-0.2, -0.15) is 0 Å². The zero-order chi connectivity index (χ0) is 12.1. The largest absolute Gasteiger partial charge is 0.481 e. The van der Waals surface area contributed by atoms with Gasteiger partial charge in [0.2, 0.25) is 0 Å². The van der Waals surface area contributed by atoms with Crippen LogP contribution in [0.4, 0.5) is 0 Å². The van der Waals surface area contributed by atoms with Crippen LogP contribution >= 0.6 is 15.9 Å². The van der Waals surface area contributed by atoms with Gasteiger partial charge in [0.05, 0.1) is 5.92 Å². The molecule has 0 heterocycles. The van der Waals surface area contributed by atoms with Gasteiger partial charge in [0.15, 0.2) is 0 Å². The van der Waals surface area contributed by atoms with Crippen LogP contribution in [0.25, 0.3) is 0 Å². The van der Waals surface area contributed by atoms with Crippen molar-refractivity contribution in [3.63, 3.8) is 0 Å². The van der Waals surface area contributed by atoms with Crippen molar-refractivity contribution in [3.05, 3.63) is 34.3 Å². The Morgan fingerprint density at radius 1 is 1.38 bits per heavy atom. The number of hydrogen-bond donors (Lipinski definition) is 2. The molecule has 1 rings (SSSR count). The van der Waals surface area contributed by atoms with E-state index in [1.54, 1.807) is 6.92 Å². The number of aliphatic carboxylic acids is 1. The molecule has 0 aromatic heterocycles. The van der Waals surface area contributed by atoms with Crippen LogP contribution < -0.4 is 5.32 Å². The lowest BCUT2D eigenvalue weighted by Gasteiger charge is -2.16. The second kappa shape index (κ2) is 6.01. The first-order valence-electron chi connectivity index (χ1n) is 5.22. The summed E-state index contributed by atoms with van der Waals surface area (Å²) in [4.78, 5) is 10.6.